The Bertz CT molecular complexity index is 315. The Morgan fingerprint density at radius 3 is 2.94 bits per heavy atom. The number of aromatic nitrogens is 1. The predicted molar refractivity (Wildman–Crippen MR) is 75.5 cm³/mol. The van der Waals surface area contributed by atoms with E-state index < -0.39 is 0 Å². The fourth-order valence-corrected chi connectivity index (χ4v) is 3.63. The second kappa shape index (κ2) is 7.02. The zero-order valence-electron chi connectivity index (χ0n) is 10.6. The van der Waals surface area contributed by atoms with E-state index in [0.717, 1.165) is 24.3 Å². The molecule has 0 amide bonds. The lowest BCUT2D eigenvalue weighted by atomic mass is 10.2. The summed E-state index contributed by atoms with van der Waals surface area (Å²) in [6.45, 7) is 3.35. The van der Waals surface area contributed by atoms with Crippen LogP contribution in [0.1, 0.15) is 31.7 Å². The van der Waals surface area contributed by atoms with Crippen LogP contribution in [0.5, 0.6) is 0 Å². The van der Waals surface area contributed by atoms with Crippen molar-refractivity contribution in [3.8, 4) is 0 Å². The zero-order chi connectivity index (χ0) is 11.9. The molecule has 1 N–H and O–H groups in total. The molecule has 1 saturated carbocycles. The molecule has 1 heterocycles. The highest BCUT2D eigenvalue weighted by Gasteiger charge is 2.23. The minimum absolute atomic E-state index is 0.751. The molecule has 1 fully saturated rings. The third-order valence-electron chi connectivity index (χ3n) is 3.38. The normalized spacial score (nSPS) is 24.1. The molecule has 0 saturated heterocycles. The molecule has 17 heavy (non-hydrogen) atoms. The molecule has 94 valence electrons. The van der Waals surface area contributed by atoms with Crippen LogP contribution in [0.2, 0.25) is 0 Å². The summed E-state index contributed by atoms with van der Waals surface area (Å²) in [7, 11) is 0. The van der Waals surface area contributed by atoms with Crippen molar-refractivity contribution in [2.45, 2.75) is 43.9 Å². The molecule has 2 nitrogen and oxygen atoms in total. The van der Waals surface area contributed by atoms with Gasteiger partial charge in [-0.05, 0) is 55.7 Å². The average Bonchev–Trinajstić information content (AvgIpc) is 2.79. The van der Waals surface area contributed by atoms with E-state index in [1.807, 2.05) is 12.4 Å². The topological polar surface area (TPSA) is 24.9 Å². The highest BCUT2D eigenvalue weighted by molar-refractivity contribution is 7.99. The van der Waals surface area contributed by atoms with Crippen molar-refractivity contribution in [3.63, 3.8) is 0 Å². The van der Waals surface area contributed by atoms with Gasteiger partial charge in [-0.25, -0.2) is 0 Å². The molecule has 3 heteroatoms. The number of pyridine rings is 1. The Hall–Kier alpha value is -0.540. The summed E-state index contributed by atoms with van der Waals surface area (Å²) in [5, 5.41) is 4.59. The van der Waals surface area contributed by atoms with Gasteiger partial charge in [0.05, 0.1) is 0 Å². The summed E-state index contributed by atoms with van der Waals surface area (Å²) in [5.41, 5.74) is 1.38. The first-order valence-corrected chi connectivity index (χ1v) is 7.67. The van der Waals surface area contributed by atoms with Crippen molar-refractivity contribution in [3.05, 3.63) is 30.1 Å². The van der Waals surface area contributed by atoms with Crippen LogP contribution in [-0.2, 0) is 6.42 Å². The van der Waals surface area contributed by atoms with Crippen molar-refractivity contribution >= 4 is 11.8 Å². The van der Waals surface area contributed by atoms with Crippen molar-refractivity contribution in [1.29, 1.82) is 0 Å². The van der Waals surface area contributed by atoms with Gasteiger partial charge in [0, 0.05) is 23.7 Å². The SMILES string of the molecule is CCSC1CCC(NCCc2ccncc2)C1. The van der Waals surface area contributed by atoms with Gasteiger partial charge in [-0.15, -0.1) is 0 Å². The number of hydrogen-bond donors (Lipinski definition) is 1. The van der Waals surface area contributed by atoms with Gasteiger partial charge >= 0.3 is 0 Å². The minimum Gasteiger partial charge on any atom is -0.314 e. The molecule has 2 rings (SSSR count). The Morgan fingerprint density at radius 2 is 2.18 bits per heavy atom. The molecule has 0 aromatic carbocycles. The maximum Gasteiger partial charge on any atom is 0.0270 e. The Morgan fingerprint density at radius 1 is 1.35 bits per heavy atom. The first kappa shape index (κ1) is 12.9. The monoisotopic (exact) mass is 250 g/mol. The summed E-state index contributed by atoms with van der Waals surface area (Å²) >= 11 is 2.12. The van der Waals surface area contributed by atoms with Gasteiger partial charge in [-0.2, -0.15) is 11.8 Å². The predicted octanol–water partition coefficient (Wildman–Crippen LogP) is 2.89. The van der Waals surface area contributed by atoms with Crippen molar-refractivity contribution < 1.29 is 0 Å². The van der Waals surface area contributed by atoms with Crippen LogP contribution in [0.15, 0.2) is 24.5 Å². The second-order valence-electron chi connectivity index (χ2n) is 4.65. The van der Waals surface area contributed by atoms with Gasteiger partial charge in [0.1, 0.15) is 0 Å². The molecule has 0 radical (unpaired) electrons. The molecule has 1 aliphatic carbocycles. The van der Waals surface area contributed by atoms with Crippen molar-refractivity contribution in [2.75, 3.05) is 12.3 Å². The van der Waals surface area contributed by atoms with E-state index in [0.29, 0.717) is 0 Å². The lowest BCUT2D eigenvalue weighted by Gasteiger charge is -2.12. The van der Waals surface area contributed by atoms with Crippen LogP contribution in [0.3, 0.4) is 0 Å². The molecule has 1 aliphatic rings. The van der Waals surface area contributed by atoms with Crippen LogP contribution in [0, 0.1) is 0 Å². The van der Waals surface area contributed by atoms with Gasteiger partial charge in [0.2, 0.25) is 0 Å². The van der Waals surface area contributed by atoms with Crippen LogP contribution in [0.25, 0.3) is 0 Å². The Balaban J connectivity index is 1.63. The largest absolute Gasteiger partial charge is 0.314 e. The lowest BCUT2D eigenvalue weighted by molar-refractivity contribution is 0.528. The third-order valence-corrected chi connectivity index (χ3v) is 4.62. The van der Waals surface area contributed by atoms with Gasteiger partial charge in [-0.3, -0.25) is 4.98 Å². The molecule has 1 aromatic heterocycles. The van der Waals surface area contributed by atoms with E-state index in [1.165, 1.54) is 30.6 Å². The number of hydrogen-bond acceptors (Lipinski definition) is 3. The van der Waals surface area contributed by atoms with Gasteiger partial charge in [0.15, 0.2) is 0 Å². The number of rotatable bonds is 6. The van der Waals surface area contributed by atoms with E-state index in [4.69, 9.17) is 0 Å². The third kappa shape index (κ3) is 4.32. The second-order valence-corrected chi connectivity index (χ2v) is 6.22. The fourth-order valence-electron chi connectivity index (χ4n) is 2.48. The maximum atomic E-state index is 4.04. The van der Waals surface area contributed by atoms with E-state index in [9.17, 15) is 0 Å². The van der Waals surface area contributed by atoms with Gasteiger partial charge in [-0.1, -0.05) is 6.92 Å². The fraction of sp³-hybridized carbons (Fsp3) is 0.643. The molecule has 0 aliphatic heterocycles. The van der Waals surface area contributed by atoms with Crippen molar-refractivity contribution in [1.82, 2.24) is 10.3 Å². The van der Waals surface area contributed by atoms with E-state index in [-0.39, 0.29) is 0 Å². The first-order valence-electron chi connectivity index (χ1n) is 6.62. The van der Waals surface area contributed by atoms with E-state index >= 15 is 0 Å². The maximum absolute atomic E-state index is 4.04. The number of nitrogens with one attached hydrogen (secondary N) is 1. The summed E-state index contributed by atoms with van der Waals surface area (Å²) in [6.07, 6.45) is 8.97. The number of nitrogens with zero attached hydrogens (tertiary/aromatic N) is 1. The molecule has 2 unspecified atom stereocenters. The van der Waals surface area contributed by atoms with Crippen molar-refractivity contribution in [2.24, 2.45) is 0 Å². The van der Waals surface area contributed by atoms with Gasteiger partial charge < -0.3 is 5.32 Å². The summed E-state index contributed by atoms with van der Waals surface area (Å²) in [6, 6.07) is 4.96. The minimum atomic E-state index is 0.751. The Kier molecular flexibility index (Phi) is 5.33. The average molecular weight is 250 g/mol. The first-order chi connectivity index (χ1) is 8.38. The van der Waals surface area contributed by atoms with Crippen LogP contribution >= 0.6 is 11.8 Å². The smallest absolute Gasteiger partial charge is 0.0270 e. The van der Waals surface area contributed by atoms with E-state index in [2.05, 4.69) is 41.1 Å². The standard InChI is InChI=1S/C14H22N2S/c1-2-17-14-4-3-13(11-14)16-10-7-12-5-8-15-9-6-12/h5-6,8-9,13-14,16H,2-4,7,10-11H2,1H3. The number of thioether (sulfide) groups is 1. The summed E-state index contributed by atoms with van der Waals surface area (Å²) in [5.74, 6) is 1.26. The quantitative estimate of drug-likeness (QED) is 0.840. The molecular weight excluding hydrogens is 228 g/mol. The molecule has 2 atom stereocenters. The van der Waals surface area contributed by atoms with Crippen LogP contribution < -0.4 is 5.32 Å². The molecule has 1 aromatic rings. The van der Waals surface area contributed by atoms with Crippen LogP contribution in [-0.4, -0.2) is 28.6 Å². The van der Waals surface area contributed by atoms with E-state index in [1.54, 1.807) is 0 Å². The van der Waals surface area contributed by atoms with Gasteiger partial charge in [0.25, 0.3) is 0 Å². The molecular formula is C14H22N2S. The zero-order valence-corrected chi connectivity index (χ0v) is 11.4. The molecule has 0 bridgehead atoms. The highest BCUT2D eigenvalue weighted by Crippen LogP contribution is 2.29. The molecule has 0 spiro atoms. The Labute approximate surface area is 109 Å². The van der Waals surface area contributed by atoms with Crippen LogP contribution in [0.4, 0.5) is 0 Å². The lowest BCUT2D eigenvalue weighted by Crippen LogP contribution is -2.28. The highest BCUT2D eigenvalue weighted by atomic mass is 32.2. The summed E-state index contributed by atoms with van der Waals surface area (Å²) in [4.78, 5) is 4.04. The summed E-state index contributed by atoms with van der Waals surface area (Å²) < 4.78 is 0.